The first-order valence-corrected chi connectivity index (χ1v) is 7.42. The second-order valence-electron chi connectivity index (χ2n) is 4.84. The van der Waals surface area contributed by atoms with Crippen LogP contribution in [0.15, 0.2) is 29.6 Å². The molecule has 100 valence electrons. The number of nitrogens with one attached hydrogen (secondary N) is 1. The number of rotatable bonds is 3. The summed E-state index contributed by atoms with van der Waals surface area (Å²) >= 11 is 1.86. The lowest BCUT2D eigenvalue weighted by molar-refractivity contribution is 0.415. The first-order chi connectivity index (χ1) is 9.28. The number of fused-ring (bicyclic) bond motifs is 1. The third-order valence-corrected chi connectivity index (χ3v) is 4.64. The van der Waals surface area contributed by atoms with Gasteiger partial charge in [0.25, 0.3) is 0 Å². The van der Waals surface area contributed by atoms with E-state index in [0.717, 1.165) is 23.5 Å². The highest BCUT2D eigenvalue weighted by Gasteiger charge is 2.21. The van der Waals surface area contributed by atoms with Gasteiger partial charge in [0.2, 0.25) is 0 Å². The van der Waals surface area contributed by atoms with E-state index in [2.05, 4.69) is 16.8 Å². The second-order valence-corrected chi connectivity index (χ2v) is 5.84. The molecule has 3 rings (SSSR count). The van der Waals surface area contributed by atoms with Gasteiger partial charge in [-0.3, -0.25) is 0 Å². The van der Waals surface area contributed by atoms with Crippen LogP contribution in [0.5, 0.6) is 5.75 Å². The molecular formula is C15H18N2OS. The minimum Gasteiger partial charge on any atom is -0.497 e. The van der Waals surface area contributed by atoms with Gasteiger partial charge in [-0.1, -0.05) is 0 Å². The Morgan fingerprint density at radius 3 is 3.11 bits per heavy atom. The van der Waals surface area contributed by atoms with E-state index < -0.39 is 0 Å². The van der Waals surface area contributed by atoms with Crippen LogP contribution in [0.4, 0.5) is 11.4 Å². The van der Waals surface area contributed by atoms with Crippen molar-refractivity contribution in [1.82, 2.24) is 0 Å². The third-order valence-electron chi connectivity index (χ3n) is 3.64. The number of anilines is 2. The SMILES string of the molecule is COc1ccc(N)c(NC2CCCc3sccc32)c1. The third kappa shape index (κ3) is 2.40. The highest BCUT2D eigenvalue weighted by atomic mass is 32.1. The van der Waals surface area contributed by atoms with E-state index in [9.17, 15) is 0 Å². The highest BCUT2D eigenvalue weighted by molar-refractivity contribution is 7.10. The highest BCUT2D eigenvalue weighted by Crippen LogP contribution is 2.37. The van der Waals surface area contributed by atoms with E-state index in [1.54, 1.807) is 7.11 Å². The molecule has 0 fully saturated rings. The van der Waals surface area contributed by atoms with Gasteiger partial charge >= 0.3 is 0 Å². The van der Waals surface area contributed by atoms with Crippen LogP contribution < -0.4 is 15.8 Å². The number of hydrogen-bond acceptors (Lipinski definition) is 4. The molecule has 0 spiro atoms. The summed E-state index contributed by atoms with van der Waals surface area (Å²) in [7, 11) is 1.67. The quantitative estimate of drug-likeness (QED) is 0.836. The lowest BCUT2D eigenvalue weighted by Crippen LogP contribution is -2.16. The van der Waals surface area contributed by atoms with Crippen LogP contribution in [0.3, 0.4) is 0 Å². The molecule has 0 radical (unpaired) electrons. The molecule has 0 amide bonds. The summed E-state index contributed by atoms with van der Waals surface area (Å²) in [6, 6.07) is 8.34. The maximum atomic E-state index is 6.04. The van der Waals surface area contributed by atoms with Gasteiger partial charge in [-0.05, 0) is 48.4 Å². The number of benzene rings is 1. The average molecular weight is 274 g/mol. The minimum atomic E-state index is 0.365. The van der Waals surface area contributed by atoms with Crippen LogP contribution >= 0.6 is 11.3 Å². The predicted octanol–water partition coefficient (Wildman–Crippen LogP) is 3.83. The fraction of sp³-hybridized carbons (Fsp3) is 0.333. The van der Waals surface area contributed by atoms with E-state index in [4.69, 9.17) is 10.5 Å². The Kier molecular flexibility index (Phi) is 3.34. The standard InChI is InChI=1S/C15H18N2OS/c1-18-10-5-6-12(16)14(9-10)17-13-3-2-4-15-11(13)7-8-19-15/h5-9,13,17H,2-4,16H2,1H3. The van der Waals surface area contributed by atoms with Crippen LogP contribution in [0, 0.1) is 0 Å². The lowest BCUT2D eigenvalue weighted by Gasteiger charge is -2.25. The number of methoxy groups -OCH3 is 1. The zero-order valence-electron chi connectivity index (χ0n) is 11.0. The predicted molar refractivity (Wildman–Crippen MR) is 81.0 cm³/mol. The van der Waals surface area contributed by atoms with E-state index in [1.165, 1.54) is 23.3 Å². The van der Waals surface area contributed by atoms with Crippen molar-refractivity contribution in [3.63, 3.8) is 0 Å². The molecule has 1 aliphatic carbocycles. The molecular weight excluding hydrogens is 256 g/mol. The summed E-state index contributed by atoms with van der Waals surface area (Å²) in [5.41, 5.74) is 9.20. The van der Waals surface area contributed by atoms with E-state index >= 15 is 0 Å². The summed E-state index contributed by atoms with van der Waals surface area (Å²) in [6.07, 6.45) is 3.59. The van der Waals surface area contributed by atoms with Crippen LogP contribution in [0.1, 0.15) is 29.3 Å². The molecule has 1 unspecified atom stereocenters. The summed E-state index contributed by atoms with van der Waals surface area (Å²) in [5, 5.41) is 5.75. The second kappa shape index (κ2) is 5.13. The number of nitrogens with two attached hydrogens (primary N) is 1. The first-order valence-electron chi connectivity index (χ1n) is 6.54. The van der Waals surface area contributed by atoms with Crippen LogP contribution in [-0.2, 0) is 6.42 Å². The van der Waals surface area contributed by atoms with Crippen molar-refractivity contribution in [3.8, 4) is 5.75 Å². The largest absolute Gasteiger partial charge is 0.497 e. The zero-order chi connectivity index (χ0) is 13.2. The van der Waals surface area contributed by atoms with Gasteiger partial charge in [0, 0.05) is 10.9 Å². The summed E-state index contributed by atoms with van der Waals surface area (Å²) in [6.45, 7) is 0. The number of hydrogen-bond donors (Lipinski definition) is 2. The molecule has 0 aliphatic heterocycles. The molecule has 0 bridgehead atoms. The van der Waals surface area contributed by atoms with E-state index in [0.29, 0.717) is 6.04 Å². The molecule has 1 aromatic carbocycles. The Balaban J connectivity index is 1.87. The zero-order valence-corrected chi connectivity index (χ0v) is 11.8. The van der Waals surface area contributed by atoms with E-state index in [-0.39, 0.29) is 0 Å². The topological polar surface area (TPSA) is 47.3 Å². The fourth-order valence-corrected chi connectivity index (χ4v) is 3.60. The van der Waals surface area contributed by atoms with Crippen molar-refractivity contribution >= 4 is 22.7 Å². The van der Waals surface area contributed by atoms with Gasteiger partial charge in [0.05, 0.1) is 24.5 Å². The van der Waals surface area contributed by atoms with Crippen molar-refractivity contribution in [1.29, 1.82) is 0 Å². The van der Waals surface area contributed by atoms with Gasteiger partial charge in [0.15, 0.2) is 0 Å². The summed E-state index contributed by atoms with van der Waals surface area (Å²) in [5.74, 6) is 0.832. The smallest absolute Gasteiger partial charge is 0.121 e. The Labute approximate surface area is 117 Å². The van der Waals surface area contributed by atoms with Crippen molar-refractivity contribution in [2.24, 2.45) is 0 Å². The number of ether oxygens (including phenoxy) is 1. The van der Waals surface area contributed by atoms with E-state index in [1.807, 2.05) is 29.5 Å². The normalized spacial score (nSPS) is 17.8. The molecule has 19 heavy (non-hydrogen) atoms. The maximum absolute atomic E-state index is 6.04. The van der Waals surface area contributed by atoms with Crippen LogP contribution in [-0.4, -0.2) is 7.11 Å². The molecule has 3 N–H and O–H groups in total. The van der Waals surface area contributed by atoms with Crippen LogP contribution in [0.2, 0.25) is 0 Å². The molecule has 1 atom stereocenters. The molecule has 1 heterocycles. The Morgan fingerprint density at radius 2 is 2.26 bits per heavy atom. The summed E-state index contributed by atoms with van der Waals surface area (Å²) < 4.78 is 5.26. The molecule has 2 aromatic rings. The molecule has 1 aromatic heterocycles. The minimum absolute atomic E-state index is 0.365. The van der Waals surface area contributed by atoms with Gasteiger partial charge < -0.3 is 15.8 Å². The van der Waals surface area contributed by atoms with Gasteiger partial charge in [-0.2, -0.15) is 0 Å². The summed E-state index contributed by atoms with van der Waals surface area (Å²) in [4.78, 5) is 1.50. The number of aryl methyl sites for hydroxylation is 1. The van der Waals surface area contributed by atoms with Crippen molar-refractivity contribution in [2.45, 2.75) is 25.3 Å². The fourth-order valence-electron chi connectivity index (χ4n) is 2.61. The Bertz CT molecular complexity index is 579. The Hall–Kier alpha value is -1.68. The number of nitrogen functional groups attached to an aromatic ring is 1. The molecule has 4 heteroatoms. The first kappa shape index (κ1) is 12.4. The lowest BCUT2D eigenvalue weighted by atomic mass is 9.94. The van der Waals surface area contributed by atoms with Crippen molar-refractivity contribution in [3.05, 3.63) is 40.1 Å². The van der Waals surface area contributed by atoms with Crippen LogP contribution in [0.25, 0.3) is 0 Å². The number of thiophene rings is 1. The monoisotopic (exact) mass is 274 g/mol. The maximum Gasteiger partial charge on any atom is 0.121 e. The van der Waals surface area contributed by atoms with Crippen molar-refractivity contribution < 1.29 is 4.74 Å². The molecule has 1 aliphatic rings. The van der Waals surface area contributed by atoms with Gasteiger partial charge in [-0.25, -0.2) is 0 Å². The van der Waals surface area contributed by atoms with Gasteiger partial charge in [0.1, 0.15) is 5.75 Å². The average Bonchev–Trinajstić information content (AvgIpc) is 2.90. The molecule has 0 saturated carbocycles. The molecule has 0 saturated heterocycles. The molecule has 3 nitrogen and oxygen atoms in total. The van der Waals surface area contributed by atoms with Crippen molar-refractivity contribution in [2.75, 3.05) is 18.2 Å². The Morgan fingerprint density at radius 1 is 1.37 bits per heavy atom. The van der Waals surface area contributed by atoms with Gasteiger partial charge in [-0.15, -0.1) is 11.3 Å².